The van der Waals surface area contributed by atoms with E-state index < -0.39 is 18.0 Å². The summed E-state index contributed by atoms with van der Waals surface area (Å²) in [6.07, 6.45) is 2.54. The highest BCUT2D eigenvalue weighted by atomic mass is 32.2. The highest BCUT2D eigenvalue weighted by molar-refractivity contribution is 7.99. The van der Waals surface area contributed by atoms with Crippen LogP contribution in [-0.2, 0) is 4.79 Å². The number of amides is 2. The number of nitrogens with one attached hydrogen (secondary N) is 2. The Kier molecular flexibility index (Phi) is 8.81. The van der Waals surface area contributed by atoms with Crippen LogP contribution < -0.4 is 25.8 Å². The summed E-state index contributed by atoms with van der Waals surface area (Å²) in [7, 11) is 0. The molecule has 3 rings (SSSR count). The normalized spacial score (nSPS) is 13.9. The van der Waals surface area contributed by atoms with Crippen LogP contribution in [-0.4, -0.2) is 47.7 Å². The lowest BCUT2D eigenvalue weighted by Crippen LogP contribution is -2.45. The van der Waals surface area contributed by atoms with Gasteiger partial charge >= 0.3 is 12.0 Å². The number of rotatable bonds is 11. The molecule has 2 aromatic rings. The number of anilines is 1. The number of urea groups is 1. The quantitative estimate of drug-likeness (QED) is 0.285. The van der Waals surface area contributed by atoms with Gasteiger partial charge in [0.1, 0.15) is 0 Å². The molecule has 1 aliphatic heterocycles. The van der Waals surface area contributed by atoms with E-state index in [0.717, 1.165) is 17.1 Å². The van der Waals surface area contributed by atoms with Gasteiger partial charge in [-0.3, -0.25) is 4.79 Å². The van der Waals surface area contributed by atoms with Crippen molar-refractivity contribution in [3.63, 3.8) is 0 Å². The van der Waals surface area contributed by atoms with Crippen LogP contribution in [0.25, 0.3) is 0 Å². The minimum Gasteiger partial charge on any atom is -0.481 e. The molecule has 1 heterocycles. The van der Waals surface area contributed by atoms with E-state index >= 15 is 0 Å². The average molecular weight is 478 g/mol. The number of aliphatic carboxylic acids is 1. The van der Waals surface area contributed by atoms with Gasteiger partial charge in [0.25, 0.3) is 0 Å². The third kappa shape index (κ3) is 6.89. The number of hydrogen-bond donors (Lipinski definition) is 4. The minimum atomic E-state index is -1.01. The molecule has 5 N–H and O–H groups in total. The number of fused-ring (bicyclic) bond motifs is 1. The van der Waals surface area contributed by atoms with Crippen LogP contribution in [0.1, 0.15) is 24.4 Å². The van der Waals surface area contributed by atoms with Crippen LogP contribution in [0.5, 0.6) is 11.5 Å². The summed E-state index contributed by atoms with van der Waals surface area (Å²) in [5, 5.41) is 15.1. The topological polar surface area (TPSA) is 123 Å². The van der Waals surface area contributed by atoms with Crippen LogP contribution in [0.2, 0.25) is 0 Å². The Balaban J connectivity index is 1.64. The lowest BCUT2D eigenvalue weighted by molar-refractivity contribution is -0.137. The number of nitrogens with two attached hydrogens (primary N) is 1. The van der Waals surface area contributed by atoms with E-state index in [1.54, 1.807) is 41.7 Å². The summed E-state index contributed by atoms with van der Waals surface area (Å²) in [6, 6.07) is 11.5. The standard InChI is InChI=1S/C22H27N3O5S2/c1-31-9-8-15(12-32-20-5-3-2-4-16(20)23)24-22(28)25-17(11-21(26)27)14-6-7-18-19(10-14)30-13-29-18/h2-7,10,15,17H,8-9,11-13,23H2,1H3,(H,26,27)(H2,24,25,28)/t15-,17-/m0/s1. The average Bonchev–Trinajstić information content (AvgIpc) is 3.23. The number of carboxylic acids is 1. The monoisotopic (exact) mass is 477 g/mol. The van der Waals surface area contributed by atoms with Crippen LogP contribution in [0.4, 0.5) is 10.5 Å². The number of benzene rings is 2. The fraction of sp³-hybridized carbons (Fsp3) is 0.364. The maximum absolute atomic E-state index is 12.8. The first kappa shape index (κ1) is 23.9. The van der Waals surface area contributed by atoms with Gasteiger partial charge in [-0.2, -0.15) is 11.8 Å². The zero-order valence-corrected chi connectivity index (χ0v) is 19.3. The van der Waals surface area contributed by atoms with Crippen molar-refractivity contribution in [2.45, 2.75) is 29.8 Å². The Morgan fingerprint density at radius 3 is 2.69 bits per heavy atom. The van der Waals surface area contributed by atoms with Gasteiger partial charge in [0.15, 0.2) is 11.5 Å². The van der Waals surface area contributed by atoms with Gasteiger partial charge in [0.2, 0.25) is 6.79 Å². The molecule has 2 atom stereocenters. The lowest BCUT2D eigenvalue weighted by Gasteiger charge is -2.22. The molecule has 0 radical (unpaired) electrons. The SMILES string of the molecule is CSCC[C@@H](CSc1ccccc1N)NC(=O)N[C@@H](CC(=O)O)c1ccc2c(c1)OCO2. The summed E-state index contributed by atoms with van der Waals surface area (Å²) >= 11 is 3.29. The molecule has 0 saturated carbocycles. The lowest BCUT2D eigenvalue weighted by atomic mass is 10.0. The Labute approximate surface area is 195 Å². The molecule has 0 bridgehead atoms. The Hall–Kier alpha value is -2.72. The van der Waals surface area contributed by atoms with Crippen molar-refractivity contribution in [3.8, 4) is 11.5 Å². The molecule has 0 fully saturated rings. The van der Waals surface area contributed by atoms with Gasteiger partial charge in [0, 0.05) is 22.4 Å². The Morgan fingerprint density at radius 1 is 1.16 bits per heavy atom. The zero-order chi connectivity index (χ0) is 22.9. The van der Waals surface area contributed by atoms with Crippen molar-refractivity contribution in [2.24, 2.45) is 0 Å². The first-order valence-corrected chi connectivity index (χ1v) is 12.5. The molecule has 0 aromatic heterocycles. The van der Waals surface area contributed by atoms with Gasteiger partial charge in [-0.05, 0) is 48.3 Å². The first-order chi connectivity index (χ1) is 15.5. The predicted molar refractivity (Wildman–Crippen MR) is 128 cm³/mol. The van der Waals surface area contributed by atoms with Gasteiger partial charge in [-0.15, -0.1) is 11.8 Å². The predicted octanol–water partition coefficient (Wildman–Crippen LogP) is 3.73. The van der Waals surface area contributed by atoms with Crippen LogP contribution in [0, 0.1) is 0 Å². The number of thioether (sulfide) groups is 2. The summed E-state index contributed by atoms with van der Waals surface area (Å²) in [5.41, 5.74) is 7.37. The molecule has 32 heavy (non-hydrogen) atoms. The van der Waals surface area contributed by atoms with E-state index in [1.165, 1.54) is 0 Å². The number of para-hydroxylation sites is 1. The smallest absolute Gasteiger partial charge is 0.315 e. The maximum Gasteiger partial charge on any atom is 0.315 e. The van der Waals surface area contributed by atoms with Gasteiger partial charge in [-0.1, -0.05) is 18.2 Å². The summed E-state index contributed by atoms with van der Waals surface area (Å²) in [5.74, 6) is 1.66. The van der Waals surface area contributed by atoms with Crippen molar-refractivity contribution in [1.29, 1.82) is 0 Å². The first-order valence-electron chi connectivity index (χ1n) is 10.1. The van der Waals surface area contributed by atoms with E-state index in [1.807, 2.05) is 30.5 Å². The maximum atomic E-state index is 12.8. The largest absolute Gasteiger partial charge is 0.481 e. The number of carbonyl (C=O) groups excluding carboxylic acids is 1. The fourth-order valence-electron chi connectivity index (χ4n) is 3.20. The molecule has 2 aromatic carbocycles. The van der Waals surface area contributed by atoms with Crippen molar-refractivity contribution in [2.75, 3.05) is 30.3 Å². The minimum absolute atomic E-state index is 0.103. The molecule has 8 nitrogen and oxygen atoms in total. The molecular formula is C22H27N3O5S2. The number of ether oxygens (including phenoxy) is 2. The van der Waals surface area contributed by atoms with Crippen LogP contribution in [0.3, 0.4) is 0 Å². The molecular weight excluding hydrogens is 450 g/mol. The van der Waals surface area contributed by atoms with E-state index in [4.69, 9.17) is 15.2 Å². The molecule has 1 aliphatic rings. The number of carboxylic acid groups (broad SMARTS) is 1. The molecule has 0 unspecified atom stereocenters. The van der Waals surface area contributed by atoms with Crippen molar-refractivity contribution in [1.82, 2.24) is 10.6 Å². The number of carbonyl (C=O) groups is 2. The van der Waals surface area contributed by atoms with Gasteiger partial charge in [0.05, 0.1) is 12.5 Å². The molecule has 0 spiro atoms. The van der Waals surface area contributed by atoms with Gasteiger partial charge in [-0.25, -0.2) is 4.79 Å². The Morgan fingerprint density at radius 2 is 1.94 bits per heavy atom. The molecule has 172 valence electrons. The second-order valence-electron chi connectivity index (χ2n) is 7.21. The van der Waals surface area contributed by atoms with E-state index in [9.17, 15) is 14.7 Å². The number of nitrogen functional groups attached to an aromatic ring is 1. The number of hydrogen-bond acceptors (Lipinski definition) is 7. The second kappa shape index (κ2) is 11.8. The zero-order valence-electron chi connectivity index (χ0n) is 17.7. The third-order valence-electron chi connectivity index (χ3n) is 4.85. The summed E-state index contributed by atoms with van der Waals surface area (Å²) in [4.78, 5) is 25.2. The van der Waals surface area contributed by atoms with E-state index in [-0.39, 0.29) is 19.3 Å². The fourth-order valence-corrected chi connectivity index (χ4v) is 4.76. The van der Waals surface area contributed by atoms with E-state index in [2.05, 4.69) is 10.6 Å². The summed E-state index contributed by atoms with van der Waals surface area (Å²) in [6.45, 7) is 0.122. The van der Waals surface area contributed by atoms with Crippen molar-refractivity contribution in [3.05, 3.63) is 48.0 Å². The van der Waals surface area contributed by atoms with Crippen LogP contribution in [0.15, 0.2) is 47.4 Å². The third-order valence-corrected chi connectivity index (χ3v) is 6.74. The molecule has 0 saturated heterocycles. The molecule has 2 amide bonds. The second-order valence-corrected chi connectivity index (χ2v) is 9.26. The van der Waals surface area contributed by atoms with Crippen molar-refractivity contribution < 1.29 is 24.2 Å². The molecule has 0 aliphatic carbocycles. The van der Waals surface area contributed by atoms with Gasteiger partial charge < -0.3 is 30.9 Å². The van der Waals surface area contributed by atoms with Crippen LogP contribution >= 0.6 is 23.5 Å². The Bertz CT molecular complexity index is 944. The molecule has 10 heteroatoms. The van der Waals surface area contributed by atoms with Crippen molar-refractivity contribution >= 4 is 41.2 Å². The highest BCUT2D eigenvalue weighted by Gasteiger charge is 2.23. The highest BCUT2D eigenvalue weighted by Crippen LogP contribution is 2.35. The van der Waals surface area contributed by atoms with E-state index in [0.29, 0.717) is 28.5 Å². The summed E-state index contributed by atoms with van der Waals surface area (Å²) < 4.78 is 10.7.